The molecule has 2 rings (SSSR count). The average Bonchev–Trinajstić information content (AvgIpc) is 2.67. The number of hydrogen-bond donors (Lipinski definition) is 1. The Morgan fingerprint density at radius 3 is 2.56 bits per heavy atom. The number of nitrogens with zero attached hydrogens (tertiary/aromatic N) is 2. The first-order valence-electron chi connectivity index (χ1n) is 6.57. The van der Waals surface area contributed by atoms with Gasteiger partial charge in [-0.25, -0.2) is 8.42 Å². The lowest BCUT2D eigenvalue weighted by atomic mass is 9.68. The van der Waals surface area contributed by atoms with Crippen molar-refractivity contribution in [2.24, 2.45) is 10.4 Å². The van der Waals surface area contributed by atoms with Gasteiger partial charge in [-0.2, -0.15) is 0 Å². The van der Waals surface area contributed by atoms with Crippen molar-refractivity contribution < 1.29 is 8.42 Å². The number of guanidine groups is 1. The Bertz CT molecular complexity index is 427. The molecule has 1 saturated heterocycles. The van der Waals surface area contributed by atoms with E-state index in [0.717, 1.165) is 19.0 Å². The summed E-state index contributed by atoms with van der Waals surface area (Å²) in [6.45, 7) is 2.55. The van der Waals surface area contributed by atoms with Crippen LogP contribution in [0.2, 0.25) is 0 Å². The van der Waals surface area contributed by atoms with E-state index in [1.165, 1.54) is 31.9 Å². The second-order valence-corrected chi connectivity index (χ2v) is 7.89. The normalized spacial score (nSPS) is 23.2. The Balaban J connectivity index is 1.83. The molecule has 18 heavy (non-hydrogen) atoms. The van der Waals surface area contributed by atoms with Crippen molar-refractivity contribution in [2.45, 2.75) is 25.7 Å². The third-order valence-electron chi connectivity index (χ3n) is 4.12. The minimum absolute atomic E-state index is 0.158. The van der Waals surface area contributed by atoms with Gasteiger partial charge in [-0.3, -0.25) is 4.99 Å². The minimum Gasteiger partial charge on any atom is -0.355 e. The zero-order chi connectivity index (χ0) is 13.2. The zero-order valence-corrected chi connectivity index (χ0v) is 12.1. The van der Waals surface area contributed by atoms with Crippen LogP contribution in [-0.2, 0) is 9.84 Å². The van der Waals surface area contributed by atoms with E-state index in [1.54, 1.807) is 7.05 Å². The molecule has 1 spiro atoms. The number of hydrogen-bond acceptors (Lipinski definition) is 3. The van der Waals surface area contributed by atoms with Gasteiger partial charge in [-0.05, 0) is 24.7 Å². The Labute approximate surface area is 110 Å². The molecule has 5 nitrogen and oxygen atoms in total. The van der Waals surface area contributed by atoms with Crippen LogP contribution in [0.4, 0.5) is 0 Å². The third kappa shape index (κ3) is 3.16. The van der Waals surface area contributed by atoms with Crippen LogP contribution in [-0.4, -0.2) is 58.0 Å². The largest absolute Gasteiger partial charge is 0.355 e. The van der Waals surface area contributed by atoms with Gasteiger partial charge in [0.25, 0.3) is 0 Å². The first-order chi connectivity index (χ1) is 8.44. The fraction of sp³-hybridized carbons (Fsp3) is 0.917. The molecule has 0 atom stereocenters. The van der Waals surface area contributed by atoms with E-state index in [-0.39, 0.29) is 5.75 Å². The summed E-state index contributed by atoms with van der Waals surface area (Å²) < 4.78 is 22.2. The van der Waals surface area contributed by atoms with Crippen molar-refractivity contribution >= 4 is 15.8 Å². The lowest BCUT2D eigenvalue weighted by Crippen LogP contribution is -2.43. The molecule has 0 amide bonds. The Morgan fingerprint density at radius 2 is 2.11 bits per heavy atom. The van der Waals surface area contributed by atoms with Crippen molar-refractivity contribution in [1.82, 2.24) is 10.2 Å². The molecule has 0 aromatic heterocycles. The first kappa shape index (κ1) is 13.6. The number of aliphatic imine (C=N–C) groups is 1. The van der Waals surface area contributed by atoms with Crippen molar-refractivity contribution in [3.63, 3.8) is 0 Å². The summed E-state index contributed by atoms with van der Waals surface area (Å²) in [5.74, 6) is 1.01. The van der Waals surface area contributed by atoms with E-state index < -0.39 is 9.84 Å². The molecule has 0 bridgehead atoms. The van der Waals surface area contributed by atoms with Crippen LogP contribution >= 0.6 is 0 Å². The van der Waals surface area contributed by atoms with E-state index in [9.17, 15) is 8.42 Å². The molecule has 0 radical (unpaired) electrons. The van der Waals surface area contributed by atoms with Crippen LogP contribution in [0.3, 0.4) is 0 Å². The molecular weight excluding hydrogens is 250 g/mol. The van der Waals surface area contributed by atoms with Crippen LogP contribution in [0.15, 0.2) is 4.99 Å². The molecule has 2 aliphatic rings. The quantitative estimate of drug-likeness (QED) is 0.600. The number of likely N-dealkylation sites (tertiary alicyclic amines) is 1. The molecule has 104 valence electrons. The van der Waals surface area contributed by atoms with E-state index in [4.69, 9.17) is 0 Å². The molecule has 6 heteroatoms. The maximum Gasteiger partial charge on any atom is 0.193 e. The van der Waals surface area contributed by atoms with Crippen LogP contribution in [0.1, 0.15) is 25.7 Å². The Morgan fingerprint density at radius 1 is 1.39 bits per heavy atom. The highest BCUT2D eigenvalue weighted by Gasteiger charge is 2.43. The lowest BCUT2D eigenvalue weighted by Gasteiger charge is -2.38. The van der Waals surface area contributed by atoms with Crippen LogP contribution < -0.4 is 5.32 Å². The van der Waals surface area contributed by atoms with Gasteiger partial charge in [0, 0.05) is 32.9 Å². The monoisotopic (exact) mass is 273 g/mol. The van der Waals surface area contributed by atoms with Gasteiger partial charge >= 0.3 is 0 Å². The van der Waals surface area contributed by atoms with E-state index >= 15 is 0 Å². The summed E-state index contributed by atoms with van der Waals surface area (Å²) >= 11 is 0. The maximum absolute atomic E-state index is 11.1. The van der Waals surface area contributed by atoms with Crippen molar-refractivity contribution in [3.8, 4) is 0 Å². The predicted octanol–water partition coefficient (Wildman–Crippen LogP) is 0.482. The summed E-state index contributed by atoms with van der Waals surface area (Å²) in [4.78, 5) is 6.52. The highest BCUT2D eigenvalue weighted by Crippen LogP contribution is 2.47. The zero-order valence-electron chi connectivity index (χ0n) is 11.3. The topological polar surface area (TPSA) is 61.8 Å². The molecule has 1 heterocycles. The smallest absolute Gasteiger partial charge is 0.193 e. The van der Waals surface area contributed by atoms with E-state index in [2.05, 4.69) is 15.2 Å². The van der Waals surface area contributed by atoms with Crippen LogP contribution in [0.25, 0.3) is 0 Å². The van der Waals surface area contributed by atoms with E-state index in [0.29, 0.717) is 12.0 Å². The van der Waals surface area contributed by atoms with Crippen molar-refractivity contribution in [1.29, 1.82) is 0 Å². The van der Waals surface area contributed by atoms with Crippen LogP contribution in [0.5, 0.6) is 0 Å². The van der Waals surface area contributed by atoms with Gasteiger partial charge in [0.1, 0.15) is 9.84 Å². The summed E-state index contributed by atoms with van der Waals surface area (Å²) in [5.41, 5.74) is 0.536. The number of nitrogens with one attached hydrogen (secondary N) is 1. The van der Waals surface area contributed by atoms with Crippen LogP contribution in [0, 0.1) is 5.41 Å². The van der Waals surface area contributed by atoms with E-state index in [1.807, 2.05) is 0 Å². The van der Waals surface area contributed by atoms with Gasteiger partial charge in [0.05, 0.1) is 5.75 Å². The molecule has 0 aromatic rings. The molecule has 0 unspecified atom stereocenters. The van der Waals surface area contributed by atoms with Gasteiger partial charge in [0.15, 0.2) is 5.96 Å². The fourth-order valence-electron chi connectivity index (χ4n) is 2.88. The van der Waals surface area contributed by atoms with Gasteiger partial charge in [-0.15, -0.1) is 0 Å². The SMILES string of the molecule is CN=C(NCCS(C)(=O)=O)N1CCC2(CCC2)C1. The third-order valence-corrected chi connectivity index (χ3v) is 5.07. The Hall–Kier alpha value is -0.780. The second kappa shape index (κ2) is 5.07. The summed E-state index contributed by atoms with van der Waals surface area (Å²) in [5, 5.41) is 3.15. The first-order valence-corrected chi connectivity index (χ1v) is 8.64. The maximum atomic E-state index is 11.1. The molecule has 1 saturated carbocycles. The molecule has 2 fully saturated rings. The van der Waals surface area contributed by atoms with Crippen molar-refractivity contribution in [3.05, 3.63) is 0 Å². The lowest BCUT2D eigenvalue weighted by molar-refractivity contribution is 0.151. The fourth-order valence-corrected chi connectivity index (χ4v) is 3.35. The molecule has 1 aliphatic carbocycles. The summed E-state index contributed by atoms with van der Waals surface area (Å²) in [7, 11) is -1.15. The summed E-state index contributed by atoms with van der Waals surface area (Å²) in [6.07, 6.45) is 6.54. The second-order valence-electron chi connectivity index (χ2n) is 5.63. The molecular formula is C12H23N3O2S. The molecule has 1 N–H and O–H groups in total. The summed E-state index contributed by atoms with van der Waals surface area (Å²) in [6, 6.07) is 0. The number of sulfone groups is 1. The van der Waals surface area contributed by atoms with Gasteiger partial charge < -0.3 is 10.2 Å². The predicted molar refractivity (Wildman–Crippen MR) is 73.5 cm³/mol. The molecule has 0 aromatic carbocycles. The van der Waals surface area contributed by atoms with Gasteiger partial charge in [0.2, 0.25) is 0 Å². The molecule has 1 aliphatic heterocycles. The highest BCUT2D eigenvalue weighted by atomic mass is 32.2. The minimum atomic E-state index is -2.90. The number of rotatable bonds is 3. The standard InChI is InChI=1S/C12H23N3O2S/c1-13-11(14-7-9-18(2,16)17)15-8-6-12(10-15)4-3-5-12/h3-10H2,1-2H3,(H,13,14). The average molecular weight is 273 g/mol. The van der Waals surface area contributed by atoms with Crippen molar-refractivity contribution in [2.75, 3.05) is 38.7 Å². The Kier molecular flexibility index (Phi) is 3.84. The highest BCUT2D eigenvalue weighted by molar-refractivity contribution is 7.90. The van der Waals surface area contributed by atoms with Gasteiger partial charge in [-0.1, -0.05) is 6.42 Å².